The van der Waals surface area contributed by atoms with Gasteiger partial charge in [-0.25, -0.2) is 4.98 Å². The molecule has 0 aliphatic carbocycles. The lowest BCUT2D eigenvalue weighted by Gasteiger charge is -2.13. The van der Waals surface area contributed by atoms with E-state index in [2.05, 4.69) is 15.6 Å². The molecule has 0 spiro atoms. The first-order chi connectivity index (χ1) is 13.1. The summed E-state index contributed by atoms with van der Waals surface area (Å²) in [6.07, 6.45) is 1.76. The monoisotopic (exact) mass is 415 g/mol. The normalized spacial score (nSPS) is 10.3. The van der Waals surface area contributed by atoms with Crippen molar-refractivity contribution in [1.29, 1.82) is 0 Å². The van der Waals surface area contributed by atoms with E-state index in [0.29, 0.717) is 16.7 Å². The van der Waals surface area contributed by atoms with E-state index in [4.69, 9.17) is 28.6 Å². The zero-order chi connectivity index (χ0) is 19.1. The lowest BCUT2D eigenvalue weighted by atomic mass is 10.2. The molecule has 1 heterocycles. The van der Waals surface area contributed by atoms with Gasteiger partial charge in [-0.2, -0.15) is 0 Å². The molecule has 0 aliphatic rings. The van der Waals surface area contributed by atoms with Crippen molar-refractivity contribution < 1.29 is 4.74 Å². The summed E-state index contributed by atoms with van der Waals surface area (Å²) in [5, 5.41) is 8.52. The van der Waals surface area contributed by atoms with Crippen molar-refractivity contribution in [3.63, 3.8) is 0 Å². The number of methoxy groups -OCH3 is 1. The number of pyridine rings is 1. The first-order valence-corrected chi connectivity index (χ1v) is 9.80. The first-order valence-electron chi connectivity index (χ1n) is 8.20. The van der Waals surface area contributed by atoms with Crippen molar-refractivity contribution in [3.8, 4) is 5.75 Å². The molecule has 2 N–H and O–H groups in total. The highest BCUT2D eigenvalue weighted by Gasteiger charge is 2.07. The minimum Gasteiger partial charge on any atom is -0.497 e. The van der Waals surface area contributed by atoms with Gasteiger partial charge in [-0.3, -0.25) is 0 Å². The smallest absolute Gasteiger partial charge is 0.171 e. The maximum atomic E-state index is 5.95. The van der Waals surface area contributed by atoms with Crippen molar-refractivity contribution in [3.05, 3.63) is 77.4 Å². The highest BCUT2D eigenvalue weighted by Crippen LogP contribution is 2.32. The fraction of sp³-hybridized carbons (Fsp3) is 0.100. The van der Waals surface area contributed by atoms with Crippen LogP contribution in [-0.4, -0.2) is 17.2 Å². The maximum Gasteiger partial charge on any atom is 0.171 e. The second kappa shape index (κ2) is 9.60. The van der Waals surface area contributed by atoms with Crippen LogP contribution in [0.1, 0.15) is 5.56 Å². The third-order valence-electron chi connectivity index (χ3n) is 3.66. The summed E-state index contributed by atoms with van der Waals surface area (Å²) in [4.78, 5) is 5.51. The third kappa shape index (κ3) is 5.85. The Kier molecular flexibility index (Phi) is 6.92. The number of thiocarbonyl (C=S) groups is 1. The van der Waals surface area contributed by atoms with Crippen LogP contribution in [0.5, 0.6) is 5.75 Å². The van der Waals surface area contributed by atoms with Gasteiger partial charge in [0.15, 0.2) is 5.11 Å². The molecule has 2 aromatic carbocycles. The van der Waals surface area contributed by atoms with Gasteiger partial charge in [-0.05, 0) is 66.3 Å². The lowest BCUT2D eigenvalue weighted by molar-refractivity contribution is 0.414. The van der Waals surface area contributed by atoms with Gasteiger partial charge in [-0.1, -0.05) is 35.5 Å². The topological polar surface area (TPSA) is 46.2 Å². The number of ether oxygens (including phenoxy) is 1. The number of nitrogens with one attached hydrogen (secondary N) is 2. The van der Waals surface area contributed by atoms with E-state index in [0.717, 1.165) is 26.9 Å². The van der Waals surface area contributed by atoms with Crippen LogP contribution in [-0.2, 0) is 6.54 Å². The Hall–Kier alpha value is -2.28. The van der Waals surface area contributed by atoms with Crippen molar-refractivity contribution in [1.82, 2.24) is 10.3 Å². The zero-order valence-corrected chi connectivity index (χ0v) is 17.0. The fourth-order valence-electron chi connectivity index (χ4n) is 2.27. The second-order valence-electron chi connectivity index (χ2n) is 5.57. The van der Waals surface area contributed by atoms with Gasteiger partial charge in [0.05, 0.1) is 12.8 Å². The highest BCUT2D eigenvalue weighted by molar-refractivity contribution is 7.99. The molecule has 0 saturated heterocycles. The van der Waals surface area contributed by atoms with E-state index < -0.39 is 0 Å². The highest BCUT2D eigenvalue weighted by atomic mass is 35.5. The summed E-state index contributed by atoms with van der Waals surface area (Å²) in [5.41, 5.74) is 1.96. The number of nitrogens with zero attached hydrogens (tertiary/aromatic N) is 1. The predicted octanol–water partition coefficient (Wildman–Crippen LogP) is 5.38. The summed E-state index contributed by atoms with van der Waals surface area (Å²) in [5.74, 6) is 0.832. The van der Waals surface area contributed by atoms with E-state index in [9.17, 15) is 0 Å². The van der Waals surface area contributed by atoms with Crippen LogP contribution in [0.2, 0.25) is 5.02 Å². The molecule has 0 unspecified atom stereocenters. The van der Waals surface area contributed by atoms with Gasteiger partial charge in [0, 0.05) is 22.7 Å². The maximum absolute atomic E-state index is 5.95. The number of hydrogen-bond donors (Lipinski definition) is 2. The second-order valence-corrected chi connectivity index (χ2v) is 7.47. The first kappa shape index (κ1) is 19.5. The SMILES string of the molecule is COc1ccc(CNC(=S)Nc2cccnc2Sc2ccc(Cl)cc2)cc1. The summed E-state index contributed by atoms with van der Waals surface area (Å²) >= 11 is 12.9. The van der Waals surface area contributed by atoms with Crippen LogP contribution in [0.4, 0.5) is 5.69 Å². The Balaban J connectivity index is 1.61. The number of aromatic nitrogens is 1. The summed E-state index contributed by atoms with van der Waals surface area (Å²) in [6.45, 7) is 0.621. The van der Waals surface area contributed by atoms with Crippen molar-refractivity contribution in [2.75, 3.05) is 12.4 Å². The quantitative estimate of drug-likeness (QED) is 0.527. The number of halogens is 1. The van der Waals surface area contributed by atoms with Crippen LogP contribution in [0.15, 0.2) is 76.8 Å². The molecular weight excluding hydrogens is 398 g/mol. The molecule has 0 aliphatic heterocycles. The van der Waals surface area contributed by atoms with Crippen molar-refractivity contribution in [2.24, 2.45) is 0 Å². The average Bonchev–Trinajstić information content (AvgIpc) is 2.70. The van der Waals surface area contributed by atoms with Gasteiger partial charge < -0.3 is 15.4 Å². The molecule has 1 aromatic heterocycles. The number of anilines is 1. The van der Waals surface area contributed by atoms with E-state index in [-0.39, 0.29) is 0 Å². The van der Waals surface area contributed by atoms with Gasteiger partial charge in [0.25, 0.3) is 0 Å². The molecule has 0 atom stereocenters. The number of rotatable bonds is 6. The molecule has 3 aromatic rings. The minimum absolute atomic E-state index is 0.539. The van der Waals surface area contributed by atoms with Gasteiger partial charge in [0.1, 0.15) is 10.8 Å². The summed E-state index contributed by atoms with van der Waals surface area (Å²) in [6, 6.07) is 19.3. The van der Waals surface area contributed by atoms with E-state index in [1.54, 1.807) is 25.1 Å². The Labute approximate surface area is 173 Å². The summed E-state index contributed by atoms with van der Waals surface area (Å²) < 4.78 is 5.17. The Morgan fingerprint density at radius 3 is 2.56 bits per heavy atom. The van der Waals surface area contributed by atoms with Crippen molar-refractivity contribution in [2.45, 2.75) is 16.5 Å². The number of hydrogen-bond acceptors (Lipinski definition) is 4. The standard InChI is InChI=1S/C20H18ClN3OS2/c1-25-16-8-4-14(5-9-16)13-23-20(26)24-18-3-2-12-22-19(18)27-17-10-6-15(21)7-11-17/h2-12H,13H2,1H3,(H2,23,24,26). The molecule has 3 rings (SSSR count). The summed E-state index contributed by atoms with van der Waals surface area (Å²) in [7, 11) is 1.65. The van der Waals surface area contributed by atoms with E-state index >= 15 is 0 Å². The molecule has 27 heavy (non-hydrogen) atoms. The fourth-order valence-corrected chi connectivity index (χ4v) is 3.42. The van der Waals surface area contributed by atoms with Gasteiger partial charge in [-0.15, -0.1) is 0 Å². The third-order valence-corrected chi connectivity index (χ3v) is 5.18. The molecule has 0 saturated carbocycles. The lowest BCUT2D eigenvalue weighted by Crippen LogP contribution is -2.28. The van der Waals surface area contributed by atoms with E-state index in [1.807, 2.05) is 60.7 Å². The zero-order valence-electron chi connectivity index (χ0n) is 14.6. The molecule has 0 amide bonds. The van der Waals surface area contributed by atoms with Crippen molar-refractivity contribution >= 4 is 46.4 Å². The molecule has 0 bridgehead atoms. The van der Waals surface area contributed by atoms with Gasteiger partial charge in [0.2, 0.25) is 0 Å². The van der Waals surface area contributed by atoms with Crippen LogP contribution in [0.25, 0.3) is 0 Å². The Morgan fingerprint density at radius 2 is 1.85 bits per heavy atom. The molecule has 138 valence electrons. The molecular formula is C20H18ClN3OS2. The van der Waals surface area contributed by atoms with Crippen LogP contribution >= 0.6 is 35.6 Å². The molecule has 0 fully saturated rings. The largest absolute Gasteiger partial charge is 0.497 e. The van der Waals surface area contributed by atoms with Gasteiger partial charge >= 0.3 is 0 Å². The van der Waals surface area contributed by atoms with Crippen LogP contribution < -0.4 is 15.4 Å². The van der Waals surface area contributed by atoms with Crippen LogP contribution in [0, 0.1) is 0 Å². The van der Waals surface area contributed by atoms with Crippen LogP contribution in [0.3, 0.4) is 0 Å². The minimum atomic E-state index is 0.539. The molecule has 4 nitrogen and oxygen atoms in total. The Bertz CT molecular complexity index is 902. The van der Waals surface area contributed by atoms with E-state index in [1.165, 1.54) is 0 Å². The molecule has 7 heteroatoms. The number of benzene rings is 2. The average molecular weight is 416 g/mol. The molecule has 0 radical (unpaired) electrons. The predicted molar refractivity (Wildman–Crippen MR) is 116 cm³/mol. The Morgan fingerprint density at radius 1 is 1.11 bits per heavy atom.